The molecule has 0 aliphatic carbocycles. The van der Waals surface area contributed by atoms with E-state index in [2.05, 4.69) is 13.8 Å². The number of benzene rings is 1. The molecule has 0 atom stereocenters. The first-order valence-corrected chi connectivity index (χ1v) is 5.36. The van der Waals surface area contributed by atoms with Crippen LogP contribution in [-0.4, -0.2) is 5.78 Å². The maximum absolute atomic E-state index is 11.7. The van der Waals surface area contributed by atoms with Crippen molar-refractivity contribution < 1.29 is 4.79 Å². The Bertz CT molecular complexity index is 347. The summed E-state index contributed by atoms with van der Waals surface area (Å²) >= 11 is 0. The van der Waals surface area contributed by atoms with Gasteiger partial charge in [0.05, 0.1) is 0 Å². The van der Waals surface area contributed by atoms with E-state index < -0.39 is 0 Å². The molecule has 1 rings (SSSR count). The van der Waals surface area contributed by atoms with Crippen molar-refractivity contribution >= 4 is 11.9 Å². The van der Waals surface area contributed by atoms with Gasteiger partial charge in [0.25, 0.3) is 0 Å². The lowest BCUT2D eigenvalue weighted by atomic mass is 10.0. The number of rotatable bonds is 4. The Morgan fingerprint density at radius 1 is 1.27 bits per heavy atom. The van der Waals surface area contributed by atoms with Crippen LogP contribution in [0.4, 0.5) is 0 Å². The Hall–Kier alpha value is -1.37. The van der Waals surface area contributed by atoms with Gasteiger partial charge in [-0.15, -0.1) is 0 Å². The van der Waals surface area contributed by atoms with Crippen molar-refractivity contribution in [3.63, 3.8) is 0 Å². The van der Waals surface area contributed by atoms with Crippen molar-refractivity contribution in [3.8, 4) is 0 Å². The Labute approximate surface area is 91.8 Å². The van der Waals surface area contributed by atoms with Gasteiger partial charge in [0.1, 0.15) is 0 Å². The Morgan fingerprint density at radius 2 is 1.87 bits per heavy atom. The summed E-state index contributed by atoms with van der Waals surface area (Å²) in [5.41, 5.74) is 1.93. The molecule has 0 aliphatic heterocycles. The summed E-state index contributed by atoms with van der Waals surface area (Å²) in [6.45, 7) is 6.01. The zero-order valence-electron chi connectivity index (χ0n) is 9.66. The van der Waals surface area contributed by atoms with Crippen LogP contribution >= 0.6 is 0 Å². The summed E-state index contributed by atoms with van der Waals surface area (Å²) in [7, 11) is 0. The highest BCUT2D eigenvalue weighted by Gasteiger charge is 2.06. The molecule has 1 nitrogen and oxygen atoms in total. The van der Waals surface area contributed by atoms with Crippen LogP contribution in [-0.2, 0) is 4.79 Å². The van der Waals surface area contributed by atoms with Gasteiger partial charge in [-0.25, -0.2) is 0 Å². The minimum absolute atomic E-state index is 0.244. The smallest absolute Gasteiger partial charge is 0.158 e. The molecule has 0 aromatic heterocycles. The van der Waals surface area contributed by atoms with Crippen LogP contribution in [0.5, 0.6) is 0 Å². The predicted molar refractivity (Wildman–Crippen MR) is 64.6 cm³/mol. The second-order valence-electron chi connectivity index (χ2n) is 4.26. The summed E-state index contributed by atoms with van der Waals surface area (Å²) < 4.78 is 0. The van der Waals surface area contributed by atoms with E-state index in [4.69, 9.17) is 0 Å². The fourth-order valence-electron chi connectivity index (χ4n) is 1.41. The van der Waals surface area contributed by atoms with E-state index in [1.54, 1.807) is 0 Å². The number of carbonyl (C=O) groups excluding carboxylic acids is 1. The first kappa shape index (κ1) is 11.7. The van der Waals surface area contributed by atoms with Crippen LogP contribution in [0.25, 0.3) is 6.08 Å². The predicted octanol–water partition coefficient (Wildman–Crippen LogP) is 3.71. The summed E-state index contributed by atoms with van der Waals surface area (Å²) in [5, 5.41) is 0. The normalized spacial score (nSPS) is 11.9. The molecule has 1 aromatic rings. The minimum Gasteiger partial charge on any atom is -0.295 e. The molecule has 0 aliphatic rings. The molecule has 0 bridgehead atoms. The molecule has 0 spiro atoms. The highest BCUT2D eigenvalue weighted by Crippen LogP contribution is 2.11. The highest BCUT2D eigenvalue weighted by atomic mass is 16.1. The first-order chi connectivity index (χ1) is 7.09. The molecule has 1 aromatic carbocycles. The van der Waals surface area contributed by atoms with Gasteiger partial charge in [-0.1, -0.05) is 44.2 Å². The summed E-state index contributed by atoms with van der Waals surface area (Å²) in [4.78, 5) is 11.7. The van der Waals surface area contributed by atoms with Gasteiger partial charge < -0.3 is 0 Å². The van der Waals surface area contributed by atoms with E-state index in [1.807, 2.05) is 43.3 Å². The minimum atomic E-state index is 0.244. The zero-order valence-corrected chi connectivity index (χ0v) is 9.66. The van der Waals surface area contributed by atoms with Crippen molar-refractivity contribution in [2.75, 3.05) is 0 Å². The topological polar surface area (TPSA) is 17.1 Å². The van der Waals surface area contributed by atoms with Gasteiger partial charge in [0.15, 0.2) is 5.78 Å². The van der Waals surface area contributed by atoms with Crippen LogP contribution in [0.15, 0.2) is 35.9 Å². The maximum atomic E-state index is 11.7. The van der Waals surface area contributed by atoms with Crippen LogP contribution in [0.1, 0.15) is 32.8 Å². The number of carbonyl (C=O) groups is 1. The molecule has 0 heterocycles. The molecular weight excluding hydrogens is 184 g/mol. The fourth-order valence-corrected chi connectivity index (χ4v) is 1.41. The molecule has 0 N–H and O–H groups in total. The van der Waals surface area contributed by atoms with Gasteiger partial charge in [0.2, 0.25) is 0 Å². The molecule has 15 heavy (non-hydrogen) atoms. The molecule has 0 amide bonds. The van der Waals surface area contributed by atoms with Gasteiger partial charge in [-0.3, -0.25) is 4.79 Å². The van der Waals surface area contributed by atoms with E-state index in [0.717, 1.165) is 11.1 Å². The molecule has 0 saturated carbocycles. The number of hydrogen-bond donors (Lipinski definition) is 0. The van der Waals surface area contributed by atoms with Crippen LogP contribution in [0.3, 0.4) is 0 Å². The Morgan fingerprint density at radius 3 is 2.40 bits per heavy atom. The molecular formula is C14H18O. The summed E-state index contributed by atoms with van der Waals surface area (Å²) in [5.74, 6) is 0.672. The molecule has 0 radical (unpaired) electrons. The van der Waals surface area contributed by atoms with Gasteiger partial charge in [-0.05, 0) is 30.1 Å². The SMILES string of the molecule is C/C(=C\c1ccccc1)C(=O)CC(C)C. The number of Topliss-reactive ketones (excluding diaryl/α,β-unsaturated/α-hetero) is 1. The quantitative estimate of drug-likeness (QED) is 0.680. The third kappa shape index (κ3) is 4.11. The summed E-state index contributed by atoms with van der Waals surface area (Å²) in [6, 6.07) is 9.94. The van der Waals surface area contributed by atoms with Crippen molar-refractivity contribution in [1.82, 2.24) is 0 Å². The van der Waals surface area contributed by atoms with Crippen molar-refractivity contribution in [2.45, 2.75) is 27.2 Å². The average Bonchev–Trinajstić information content (AvgIpc) is 2.18. The molecule has 0 unspecified atom stereocenters. The van der Waals surface area contributed by atoms with Crippen LogP contribution in [0.2, 0.25) is 0 Å². The lowest BCUT2D eigenvalue weighted by Crippen LogP contribution is -2.03. The third-order valence-corrected chi connectivity index (χ3v) is 2.22. The number of ketones is 1. The largest absolute Gasteiger partial charge is 0.295 e. The number of allylic oxidation sites excluding steroid dienone is 1. The van der Waals surface area contributed by atoms with Gasteiger partial charge in [-0.2, -0.15) is 0 Å². The second-order valence-corrected chi connectivity index (χ2v) is 4.26. The Kier molecular flexibility index (Phi) is 4.29. The van der Waals surface area contributed by atoms with Crippen molar-refractivity contribution in [2.24, 2.45) is 5.92 Å². The standard InChI is InChI=1S/C14H18O/c1-11(2)9-14(15)12(3)10-13-7-5-4-6-8-13/h4-8,10-11H,9H2,1-3H3/b12-10+. The maximum Gasteiger partial charge on any atom is 0.158 e. The number of hydrogen-bond acceptors (Lipinski definition) is 1. The molecule has 0 fully saturated rings. The van der Waals surface area contributed by atoms with Crippen LogP contribution < -0.4 is 0 Å². The van der Waals surface area contributed by atoms with Crippen molar-refractivity contribution in [1.29, 1.82) is 0 Å². The van der Waals surface area contributed by atoms with E-state index >= 15 is 0 Å². The third-order valence-electron chi connectivity index (χ3n) is 2.22. The van der Waals surface area contributed by atoms with Gasteiger partial charge in [0, 0.05) is 6.42 Å². The van der Waals surface area contributed by atoms with E-state index in [9.17, 15) is 4.79 Å². The molecule has 80 valence electrons. The average molecular weight is 202 g/mol. The summed E-state index contributed by atoms with van der Waals surface area (Å²) in [6.07, 6.45) is 2.58. The first-order valence-electron chi connectivity index (χ1n) is 5.36. The second kappa shape index (κ2) is 5.50. The lowest BCUT2D eigenvalue weighted by Gasteiger charge is -2.03. The monoisotopic (exact) mass is 202 g/mol. The molecule has 0 saturated heterocycles. The fraction of sp³-hybridized carbons (Fsp3) is 0.357. The highest BCUT2D eigenvalue weighted by molar-refractivity contribution is 5.98. The molecule has 1 heteroatoms. The van der Waals surface area contributed by atoms with E-state index in [1.165, 1.54) is 0 Å². The van der Waals surface area contributed by atoms with Gasteiger partial charge >= 0.3 is 0 Å². The van der Waals surface area contributed by atoms with E-state index in [-0.39, 0.29) is 5.78 Å². The lowest BCUT2D eigenvalue weighted by molar-refractivity contribution is -0.116. The zero-order chi connectivity index (χ0) is 11.3. The Balaban J connectivity index is 2.72. The van der Waals surface area contributed by atoms with Crippen molar-refractivity contribution in [3.05, 3.63) is 41.5 Å². The van der Waals surface area contributed by atoms with E-state index in [0.29, 0.717) is 12.3 Å². The van der Waals surface area contributed by atoms with Crippen LogP contribution in [0, 0.1) is 5.92 Å².